The van der Waals surface area contributed by atoms with Crippen LogP contribution in [0.1, 0.15) is 62.8 Å². The van der Waals surface area contributed by atoms with Crippen LogP contribution < -0.4 is 9.80 Å². The predicted octanol–water partition coefficient (Wildman–Crippen LogP) is 11.6. The second kappa shape index (κ2) is 16.5. The van der Waals surface area contributed by atoms with Crippen LogP contribution in [0.2, 0.25) is 0 Å². The average molecular weight is 745 g/mol. The molecule has 0 atom stereocenters. The van der Waals surface area contributed by atoms with Gasteiger partial charge in [0.15, 0.2) is 12.3 Å². The Morgan fingerprint density at radius 2 is 1.30 bits per heavy atom. The summed E-state index contributed by atoms with van der Waals surface area (Å²) in [4.78, 5) is 4.92. The van der Waals surface area contributed by atoms with E-state index in [1.165, 1.54) is 45.0 Å². The van der Waals surface area contributed by atoms with Gasteiger partial charge in [-0.05, 0) is 99.4 Å². The van der Waals surface area contributed by atoms with Gasteiger partial charge in [0.25, 0.3) is 0 Å². The van der Waals surface area contributed by atoms with Crippen molar-refractivity contribution in [2.75, 3.05) is 50.3 Å². The lowest BCUT2D eigenvalue weighted by atomic mass is 9.80. The van der Waals surface area contributed by atoms with Crippen molar-refractivity contribution >= 4 is 28.5 Å². The molecule has 0 N–H and O–H groups in total. The van der Waals surface area contributed by atoms with Crippen LogP contribution in [0.15, 0.2) is 156 Å². The van der Waals surface area contributed by atoms with Gasteiger partial charge in [-0.15, -0.1) is 0 Å². The molecule has 0 saturated carbocycles. The number of benzene rings is 4. The maximum absolute atomic E-state index is 5.51. The van der Waals surface area contributed by atoms with Crippen molar-refractivity contribution < 1.29 is 14.0 Å². The fourth-order valence-corrected chi connectivity index (χ4v) is 8.72. The maximum Gasteiger partial charge on any atom is 0.209 e. The molecule has 5 heteroatoms. The third-order valence-electron chi connectivity index (χ3n) is 11.6. The topological polar surface area (TPSA) is 28.0 Å². The Morgan fingerprint density at radius 1 is 0.679 bits per heavy atom. The summed E-state index contributed by atoms with van der Waals surface area (Å²) in [6.07, 6.45) is 15.9. The van der Waals surface area contributed by atoms with Crippen molar-refractivity contribution in [2.45, 2.75) is 65.2 Å². The van der Waals surface area contributed by atoms with Gasteiger partial charge in [-0.3, -0.25) is 0 Å². The van der Waals surface area contributed by atoms with Gasteiger partial charge in [-0.1, -0.05) is 97.8 Å². The highest BCUT2D eigenvalue weighted by atomic mass is 16.5. The molecular formula is C51H58N3O2+. The van der Waals surface area contributed by atoms with E-state index >= 15 is 0 Å². The molecule has 0 fully saturated rings. The Bertz CT molecular complexity index is 2210. The molecule has 0 bridgehead atoms. The Kier molecular flexibility index (Phi) is 11.5. The van der Waals surface area contributed by atoms with E-state index in [2.05, 4.69) is 189 Å². The fraction of sp³-hybridized carbons (Fsp3) is 0.314. The second-order valence-electron chi connectivity index (χ2n) is 16.3. The number of rotatable bonds is 14. The van der Waals surface area contributed by atoms with Gasteiger partial charge in [0.1, 0.15) is 0 Å². The van der Waals surface area contributed by atoms with E-state index in [0.29, 0.717) is 0 Å². The molecule has 0 amide bonds. The van der Waals surface area contributed by atoms with E-state index in [-0.39, 0.29) is 10.8 Å². The van der Waals surface area contributed by atoms with Gasteiger partial charge >= 0.3 is 0 Å². The molecule has 0 unspecified atom stereocenters. The van der Waals surface area contributed by atoms with Gasteiger partial charge in [0, 0.05) is 79.7 Å². The molecule has 0 aromatic heterocycles. The van der Waals surface area contributed by atoms with Crippen LogP contribution >= 0.6 is 0 Å². The molecule has 7 rings (SSSR count). The lowest BCUT2D eigenvalue weighted by Crippen LogP contribution is -2.28. The summed E-state index contributed by atoms with van der Waals surface area (Å²) >= 11 is 0. The van der Waals surface area contributed by atoms with Gasteiger partial charge in [0.05, 0.1) is 17.7 Å². The van der Waals surface area contributed by atoms with Crippen LogP contribution in [0.5, 0.6) is 0 Å². The molecule has 288 valence electrons. The molecule has 2 heterocycles. The number of allylic oxidation sites excluding steroid dienone is 8. The Balaban J connectivity index is 1.39. The number of ether oxygens (including phenoxy) is 2. The van der Waals surface area contributed by atoms with Crippen LogP contribution in [-0.4, -0.2) is 50.8 Å². The van der Waals surface area contributed by atoms with Crippen molar-refractivity contribution in [2.24, 2.45) is 0 Å². The third-order valence-corrected chi connectivity index (χ3v) is 11.6. The first kappa shape index (κ1) is 39.0. The quantitative estimate of drug-likeness (QED) is 0.0949. The van der Waals surface area contributed by atoms with Crippen molar-refractivity contribution in [3.63, 3.8) is 0 Å². The van der Waals surface area contributed by atoms with Crippen molar-refractivity contribution in [3.05, 3.63) is 178 Å². The number of fused-ring (bicyclic) bond motifs is 2. The smallest absolute Gasteiger partial charge is 0.209 e. The van der Waals surface area contributed by atoms with Crippen molar-refractivity contribution in [3.8, 4) is 0 Å². The first-order valence-corrected chi connectivity index (χ1v) is 20.1. The largest absolute Gasteiger partial charge is 0.385 e. The normalized spacial score (nSPS) is 18.2. The molecule has 56 heavy (non-hydrogen) atoms. The summed E-state index contributed by atoms with van der Waals surface area (Å²) in [6, 6.07) is 35.3. The highest BCUT2D eigenvalue weighted by Crippen LogP contribution is 2.49. The first-order valence-electron chi connectivity index (χ1n) is 20.1. The van der Waals surface area contributed by atoms with Crippen molar-refractivity contribution in [1.29, 1.82) is 0 Å². The summed E-state index contributed by atoms with van der Waals surface area (Å²) in [5.74, 6) is 0. The Labute approximate surface area is 335 Å². The molecule has 5 nitrogen and oxygen atoms in total. The SMILES string of the molecule is COCCCN1/C(=C/C=C2\C=CC(/C=C/C3=[N+](CCCOC)c4ccc(C)cc4C3(C)C)=C2N(c2ccccc2)c2ccccc2)C(C)(C)c2cc(C)ccc21. The molecule has 1 aliphatic carbocycles. The summed E-state index contributed by atoms with van der Waals surface area (Å²) in [5.41, 5.74) is 15.9. The zero-order chi connectivity index (χ0) is 39.5. The number of nitrogens with zero attached hydrogens (tertiary/aromatic N) is 3. The number of methoxy groups -OCH3 is 2. The summed E-state index contributed by atoms with van der Waals surface area (Å²) in [6.45, 7) is 17.1. The zero-order valence-corrected chi connectivity index (χ0v) is 34.6. The van der Waals surface area contributed by atoms with Crippen LogP contribution in [0.3, 0.4) is 0 Å². The molecule has 0 spiro atoms. The van der Waals surface area contributed by atoms with Crippen LogP contribution in [0.25, 0.3) is 0 Å². The highest BCUT2D eigenvalue weighted by Gasteiger charge is 2.44. The van der Waals surface area contributed by atoms with Gasteiger partial charge < -0.3 is 19.3 Å². The summed E-state index contributed by atoms with van der Waals surface area (Å²) < 4.78 is 13.5. The van der Waals surface area contributed by atoms with E-state index in [0.717, 1.165) is 67.4 Å². The minimum Gasteiger partial charge on any atom is -0.385 e. The highest BCUT2D eigenvalue weighted by molar-refractivity contribution is 6.03. The zero-order valence-electron chi connectivity index (χ0n) is 34.6. The lowest BCUT2D eigenvalue weighted by molar-refractivity contribution is -0.438. The Hall–Kier alpha value is -5.23. The first-order chi connectivity index (χ1) is 27.1. The average Bonchev–Trinajstić information content (AvgIpc) is 3.75. The molecule has 3 aliphatic rings. The number of hydrogen-bond donors (Lipinski definition) is 0. The van der Waals surface area contributed by atoms with Crippen LogP contribution in [0.4, 0.5) is 22.7 Å². The summed E-state index contributed by atoms with van der Waals surface area (Å²) in [5, 5.41) is 0. The second-order valence-corrected chi connectivity index (χ2v) is 16.3. The van der Waals surface area contributed by atoms with Crippen LogP contribution in [0, 0.1) is 13.8 Å². The number of anilines is 3. The molecule has 2 aliphatic heterocycles. The maximum atomic E-state index is 5.51. The van der Waals surface area contributed by atoms with Crippen molar-refractivity contribution in [1.82, 2.24) is 0 Å². The molecular weight excluding hydrogens is 687 g/mol. The van der Waals surface area contributed by atoms with E-state index in [9.17, 15) is 0 Å². The fourth-order valence-electron chi connectivity index (χ4n) is 8.72. The number of hydrogen-bond acceptors (Lipinski definition) is 4. The molecule has 0 radical (unpaired) electrons. The van der Waals surface area contributed by atoms with E-state index in [4.69, 9.17) is 9.47 Å². The van der Waals surface area contributed by atoms with Gasteiger partial charge in [0.2, 0.25) is 5.69 Å². The Morgan fingerprint density at radius 3 is 1.96 bits per heavy atom. The minimum absolute atomic E-state index is 0.163. The third kappa shape index (κ3) is 7.51. The molecule has 4 aromatic rings. The molecule has 0 saturated heterocycles. The standard InChI is InChI=1S/C51H58N3O2/c1-37-21-27-45-43(35-37)50(3,4)47(52(45)31-15-33-55-7)29-25-39-23-24-40(49(39)54(41-17-11-9-12-18-41)42-19-13-10-14-20-42)26-30-48-51(5,6)44-36-38(2)22-28-46(44)53(48)32-16-34-56-8/h9-14,17-30,35-36H,15-16,31-34H2,1-8H3/q+1. The van der Waals surface area contributed by atoms with Gasteiger partial charge in [-0.2, -0.15) is 4.58 Å². The van der Waals surface area contributed by atoms with E-state index in [1.54, 1.807) is 14.2 Å². The van der Waals surface area contributed by atoms with E-state index < -0.39 is 0 Å². The monoisotopic (exact) mass is 744 g/mol. The lowest BCUT2D eigenvalue weighted by Gasteiger charge is -2.29. The summed E-state index contributed by atoms with van der Waals surface area (Å²) in [7, 11) is 3.57. The minimum atomic E-state index is -0.163. The predicted molar refractivity (Wildman–Crippen MR) is 235 cm³/mol. The molecule has 4 aromatic carbocycles. The number of aryl methyl sites for hydroxylation is 2. The number of para-hydroxylation sites is 2. The van der Waals surface area contributed by atoms with Crippen LogP contribution in [-0.2, 0) is 20.3 Å². The van der Waals surface area contributed by atoms with E-state index in [1.807, 2.05) is 0 Å². The van der Waals surface area contributed by atoms with Gasteiger partial charge in [-0.25, -0.2) is 0 Å².